The molecule has 0 aliphatic carbocycles. The van der Waals surface area contributed by atoms with E-state index >= 15 is 0 Å². The lowest BCUT2D eigenvalue weighted by Crippen LogP contribution is -2.13. The van der Waals surface area contributed by atoms with Crippen LogP contribution >= 0.6 is 27.5 Å². The predicted octanol–water partition coefficient (Wildman–Crippen LogP) is 6.40. The number of carbonyl (C=O) groups is 2. The van der Waals surface area contributed by atoms with Crippen LogP contribution in [0.3, 0.4) is 0 Å². The van der Waals surface area contributed by atoms with Crippen molar-refractivity contribution in [3.05, 3.63) is 98.5 Å². The fraction of sp³-hybridized carbons (Fsp3) is 0.115. The SMILES string of the molecule is CCOC(=O)c1ccc(NC(=O)/C(C#N)=C/c2ccc(OCc3ccc(Cl)cc3)c(Br)c2)cc1. The second-order valence-corrected chi connectivity index (χ2v) is 8.32. The molecule has 3 aromatic rings. The van der Waals surface area contributed by atoms with Gasteiger partial charge in [0.1, 0.15) is 24.0 Å². The first-order valence-corrected chi connectivity index (χ1v) is 11.4. The number of hydrogen-bond acceptors (Lipinski definition) is 5. The Morgan fingerprint density at radius 2 is 1.79 bits per heavy atom. The van der Waals surface area contributed by atoms with Gasteiger partial charge in [0, 0.05) is 10.7 Å². The van der Waals surface area contributed by atoms with Crippen molar-refractivity contribution in [2.24, 2.45) is 0 Å². The van der Waals surface area contributed by atoms with Crippen molar-refractivity contribution in [1.82, 2.24) is 0 Å². The predicted molar refractivity (Wildman–Crippen MR) is 135 cm³/mol. The van der Waals surface area contributed by atoms with E-state index in [0.717, 1.165) is 5.56 Å². The van der Waals surface area contributed by atoms with E-state index in [1.807, 2.05) is 18.2 Å². The van der Waals surface area contributed by atoms with Crippen LogP contribution in [0.25, 0.3) is 6.08 Å². The molecule has 0 unspecified atom stereocenters. The molecular formula is C26H20BrClN2O4. The molecule has 0 saturated heterocycles. The monoisotopic (exact) mass is 538 g/mol. The third-order valence-corrected chi connectivity index (χ3v) is 5.47. The molecule has 0 aromatic heterocycles. The van der Waals surface area contributed by atoms with Gasteiger partial charge in [-0.2, -0.15) is 5.26 Å². The minimum Gasteiger partial charge on any atom is -0.488 e. The molecule has 0 bridgehead atoms. The minimum atomic E-state index is -0.564. The molecule has 1 amide bonds. The molecule has 0 fully saturated rings. The summed E-state index contributed by atoms with van der Waals surface area (Å²) in [5.74, 6) is -0.383. The van der Waals surface area contributed by atoms with Crippen molar-refractivity contribution in [2.75, 3.05) is 11.9 Å². The van der Waals surface area contributed by atoms with Gasteiger partial charge in [-0.05, 0) is 88.6 Å². The molecule has 0 spiro atoms. The van der Waals surface area contributed by atoms with E-state index in [1.165, 1.54) is 6.08 Å². The molecule has 34 heavy (non-hydrogen) atoms. The highest BCUT2D eigenvalue weighted by atomic mass is 79.9. The Morgan fingerprint density at radius 3 is 2.41 bits per heavy atom. The number of benzene rings is 3. The van der Waals surface area contributed by atoms with Crippen LogP contribution in [0.4, 0.5) is 5.69 Å². The average Bonchev–Trinajstić information content (AvgIpc) is 2.83. The van der Waals surface area contributed by atoms with Gasteiger partial charge in [-0.15, -0.1) is 0 Å². The lowest BCUT2D eigenvalue weighted by molar-refractivity contribution is -0.112. The van der Waals surface area contributed by atoms with E-state index in [2.05, 4.69) is 21.2 Å². The van der Waals surface area contributed by atoms with E-state index in [4.69, 9.17) is 21.1 Å². The quantitative estimate of drug-likeness (QED) is 0.203. The summed E-state index contributed by atoms with van der Waals surface area (Å²) in [5.41, 5.74) is 2.37. The summed E-state index contributed by atoms with van der Waals surface area (Å²) >= 11 is 9.37. The van der Waals surface area contributed by atoms with Gasteiger partial charge >= 0.3 is 5.97 Å². The summed E-state index contributed by atoms with van der Waals surface area (Å²) in [6, 6.07) is 20.8. The minimum absolute atomic E-state index is 0.0730. The van der Waals surface area contributed by atoms with Crippen LogP contribution in [-0.2, 0) is 16.1 Å². The lowest BCUT2D eigenvalue weighted by Gasteiger charge is -2.09. The van der Waals surface area contributed by atoms with Crippen LogP contribution in [-0.4, -0.2) is 18.5 Å². The molecule has 0 heterocycles. The molecular weight excluding hydrogens is 520 g/mol. The molecule has 172 valence electrons. The molecule has 0 aliphatic heterocycles. The van der Waals surface area contributed by atoms with Gasteiger partial charge in [0.05, 0.1) is 16.6 Å². The first-order valence-electron chi connectivity index (χ1n) is 10.3. The number of nitriles is 1. The largest absolute Gasteiger partial charge is 0.488 e. The Bertz CT molecular complexity index is 1250. The van der Waals surface area contributed by atoms with E-state index in [1.54, 1.807) is 61.5 Å². The summed E-state index contributed by atoms with van der Waals surface area (Å²) in [4.78, 5) is 24.3. The van der Waals surface area contributed by atoms with Crippen LogP contribution < -0.4 is 10.1 Å². The Balaban J connectivity index is 1.66. The highest BCUT2D eigenvalue weighted by molar-refractivity contribution is 9.10. The van der Waals surface area contributed by atoms with E-state index < -0.39 is 11.9 Å². The third kappa shape index (κ3) is 6.95. The smallest absolute Gasteiger partial charge is 0.338 e. The first kappa shape index (κ1) is 25.0. The fourth-order valence-electron chi connectivity index (χ4n) is 2.88. The first-order chi connectivity index (χ1) is 16.4. The van der Waals surface area contributed by atoms with Crippen molar-refractivity contribution in [3.63, 3.8) is 0 Å². The number of amides is 1. The standard InChI is InChI=1S/C26H20BrClN2O4/c1-2-33-26(32)19-6-10-22(11-7-19)30-25(31)20(15-29)13-18-5-12-24(23(27)14-18)34-16-17-3-8-21(28)9-4-17/h3-14H,2,16H2,1H3,(H,30,31)/b20-13+. The molecule has 0 atom stereocenters. The summed E-state index contributed by atoms with van der Waals surface area (Å²) < 4.78 is 11.4. The van der Waals surface area contributed by atoms with Crippen LogP contribution in [0.5, 0.6) is 5.75 Å². The zero-order chi connectivity index (χ0) is 24.5. The molecule has 3 aromatic carbocycles. The molecule has 0 radical (unpaired) electrons. The van der Waals surface area contributed by atoms with Gasteiger partial charge < -0.3 is 14.8 Å². The van der Waals surface area contributed by atoms with Crippen molar-refractivity contribution >= 4 is 51.2 Å². The maximum absolute atomic E-state index is 12.6. The van der Waals surface area contributed by atoms with Gasteiger partial charge in [-0.3, -0.25) is 4.79 Å². The number of anilines is 1. The second-order valence-electron chi connectivity index (χ2n) is 7.03. The molecule has 1 N–H and O–H groups in total. The topological polar surface area (TPSA) is 88.4 Å². The Morgan fingerprint density at radius 1 is 1.09 bits per heavy atom. The average molecular weight is 540 g/mol. The Hall–Kier alpha value is -3.60. The number of hydrogen-bond donors (Lipinski definition) is 1. The van der Waals surface area contributed by atoms with Gasteiger partial charge in [-0.1, -0.05) is 29.8 Å². The number of rotatable bonds is 8. The fourth-order valence-corrected chi connectivity index (χ4v) is 3.52. The van der Waals surface area contributed by atoms with E-state index in [9.17, 15) is 14.9 Å². The molecule has 0 saturated carbocycles. The third-order valence-electron chi connectivity index (χ3n) is 4.59. The molecule has 8 heteroatoms. The molecule has 0 aliphatic rings. The van der Waals surface area contributed by atoms with Crippen molar-refractivity contribution < 1.29 is 19.1 Å². The summed E-state index contributed by atoms with van der Waals surface area (Å²) in [7, 11) is 0. The van der Waals surface area contributed by atoms with Gasteiger partial charge in [-0.25, -0.2) is 4.79 Å². The summed E-state index contributed by atoms with van der Waals surface area (Å²) in [5, 5.41) is 12.8. The number of nitrogens with one attached hydrogen (secondary N) is 1. The van der Waals surface area contributed by atoms with E-state index in [-0.39, 0.29) is 12.2 Å². The van der Waals surface area contributed by atoms with Gasteiger partial charge in [0.15, 0.2) is 0 Å². The van der Waals surface area contributed by atoms with Crippen molar-refractivity contribution in [1.29, 1.82) is 5.26 Å². The van der Waals surface area contributed by atoms with Crippen LogP contribution in [0.15, 0.2) is 76.8 Å². The van der Waals surface area contributed by atoms with Crippen LogP contribution in [0.1, 0.15) is 28.4 Å². The van der Waals surface area contributed by atoms with Crippen molar-refractivity contribution in [2.45, 2.75) is 13.5 Å². The van der Waals surface area contributed by atoms with Gasteiger partial charge in [0.2, 0.25) is 0 Å². The molecule has 6 nitrogen and oxygen atoms in total. The summed E-state index contributed by atoms with van der Waals surface area (Å²) in [6.45, 7) is 2.37. The van der Waals surface area contributed by atoms with Gasteiger partial charge in [0.25, 0.3) is 5.91 Å². The normalized spacial score (nSPS) is 10.8. The maximum Gasteiger partial charge on any atom is 0.338 e. The summed E-state index contributed by atoms with van der Waals surface area (Å²) in [6.07, 6.45) is 1.48. The number of halogens is 2. The lowest BCUT2D eigenvalue weighted by atomic mass is 10.1. The van der Waals surface area contributed by atoms with Crippen molar-refractivity contribution in [3.8, 4) is 11.8 Å². The second kappa shape index (κ2) is 12.0. The highest BCUT2D eigenvalue weighted by Gasteiger charge is 2.12. The number of esters is 1. The Labute approximate surface area is 210 Å². The van der Waals surface area contributed by atoms with Crippen LogP contribution in [0, 0.1) is 11.3 Å². The number of carbonyl (C=O) groups excluding carboxylic acids is 2. The highest BCUT2D eigenvalue weighted by Crippen LogP contribution is 2.28. The van der Waals surface area contributed by atoms with Crippen LogP contribution in [0.2, 0.25) is 5.02 Å². The number of ether oxygens (including phenoxy) is 2. The van der Waals surface area contributed by atoms with E-state index in [0.29, 0.717) is 38.7 Å². The zero-order valence-corrected chi connectivity index (χ0v) is 20.5. The Kier molecular flexibility index (Phi) is 8.86. The number of nitrogens with zero attached hydrogens (tertiary/aromatic N) is 1. The zero-order valence-electron chi connectivity index (χ0n) is 18.2. The maximum atomic E-state index is 12.6. The molecule has 3 rings (SSSR count).